The van der Waals surface area contributed by atoms with Crippen LogP contribution in [0, 0.1) is 0 Å². The van der Waals surface area contributed by atoms with Crippen LogP contribution in [0.15, 0.2) is 36.9 Å². The zero-order chi connectivity index (χ0) is 12.5. The average molecular weight is 277 g/mol. The van der Waals surface area contributed by atoms with Crippen LogP contribution in [0.1, 0.15) is 0 Å². The Morgan fingerprint density at radius 2 is 1.67 bits per heavy atom. The van der Waals surface area contributed by atoms with Gasteiger partial charge in [0, 0.05) is 24.2 Å². The summed E-state index contributed by atoms with van der Waals surface area (Å²) in [5, 5.41) is 1.38. The van der Waals surface area contributed by atoms with E-state index in [0.717, 1.165) is 5.56 Å². The summed E-state index contributed by atoms with van der Waals surface area (Å²) < 4.78 is 0. The van der Waals surface area contributed by atoms with Crippen LogP contribution in [0.5, 0.6) is 0 Å². The van der Waals surface area contributed by atoms with Gasteiger partial charge in [0.25, 0.3) is 0 Å². The summed E-state index contributed by atoms with van der Waals surface area (Å²) in [6.45, 7) is 0. The molecule has 3 heterocycles. The second-order valence-corrected chi connectivity index (χ2v) is 4.35. The van der Waals surface area contributed by atoms with Crippen LogP contribution >= 0.6 is 23.2 Å². The molecule has 88 valence electrons. The van der Waals surface area contributed by atoms with Crippen molar-refractivity contribution in [2.75, 3.05) is 0 Å². The van der Waals surface area contributed by atoms with E-state index in [1.165, 1.54) is 6.20 Å². The van der Waals surface area contributed by atoms with Crippen molar-refractivity contribution in [3.63, 3.8) is 0 Å². The van der Waals surface area contributed by atoms with Crippen LogP contribution in [0.3, 0.4) is 0 Å². The van der Waals surface area contributed by atoms with Crippen molar-refractivity contribution in [3.05, 3.63) is 47.1 Å². The number of halogens is 2. The fourth-order valence-electron chi connectivity index (χ4n) is 1.63. The average Bonchev–Trinajstić information content (AvgIpc) is 2.39. The van der Waals surface area contributed by atoms with Gasteiger partial charge in [-0.2, -0.15) is 0 Å². The molecule has 0 saturated heterocycles. The first-order valence-corrected chi connectivity index (χ1v) is 5.88. The fourth-order valence-corrected chi connectivity index (χ4v) is 2.20. The van der Waals surface area contributed by atoms with Crippen LogP contribution < -0.4 is 0 Å². The van der Waals surface area contributed by atoms with Crippen LogP contribution in [0.4, 0.5) is 0 Å². The van der Waals surface area contributed by atoms with Crippen LogP contribution in [-0.2, 0) is 0 Å². The summed E-state index contributed by atoms with van der Waals surface area (Å²) >= 11 is 12.2. The predicted molar refractivity (Wildman–Crippen MR) is 70.6 cm³/mol. The summed E-state index contributed by atoms with van der Waals surface area (Å²) in [5.41, 5.74) is 1.46. The third-order valence-corrected chi connectivity index (χ3v) is 3.01. The monoisotopic (exact) mass is 276 g/mol. The van der Waals surface area contributed by atoms with Gasteiger partial charge >= 0.3 is 0 Å². The molecule has 0 aromatic carbocycles. The Bertz CT molecular complexity index is 716. The van der Waals surface area contributed by atoms with Crippen molar-refractivity contribution < 1.29 is 0 Å². The van der Waals surface area contributed by atoms with E-state index < -0.39 is 0 Å². The number of pyridine rings is 2. The highest BCUT2D eigenvalue weighted by molar-refractivity contribution is 6.41. The Kier molecular flexibility index (Phi) is 2.81. The first-order valence-electron chi connectivity index (χ1n) is 5.13. The molecule has 0 bridgehead atoms. The molecule has 0 amide bonds. The van der Waals surface area contributed by atoms with E-state index in [1.54, 1.807) is 18.6 Å². The zero-order valence-corrected chi connectivity index (χ0v) is 10.5. The number of hydrogen-bond acceptors (Lipinski definition) is 4. The van der Waals surface area contributed by atoms with Crippen molar-refractivity contribution >= 4 is 34.1 Å². The van der Waals surface area contributed by atoms with E-state index in [0.29, 0.717) is 26.9 Å². The molecule has 4 nitrogen and oxygen atoms in total. The lowest BCUT2D eigenvalue weighted by Gasteiger charge is -2.05. The summed E-state index contributed by atoms with van der Waals surface area (Å²) in [6, 6.07) is 3.63. The van der Waals surface area contributed by atoms with Gasteiger partial charge in [0.2, 0.25) is 0 Å². The summed E-state index contributed by atoms with van der Waals surface area (Å²) in [4.78, 5) is 16.6. The van der Waals surface area contributed by atoms with Crippen molar-refractivity contribution in [2.45, 2.75) is 0 Å². The van der Waals surface area contributed by atoms with Crippen molar-refractivity contribution in [1.29, 1.82) is 0 Å². The molecule has 0 unspecified atom stereocenters. The normalized spacial score (nSPS) is 10.8. The predicted octanol–water partition coefficient (Wildman–Crippen LogP) is 3.39. The summed E-state index contributed by atoms with van der Waals surface area (Å²) in [6.07, 6.45) is 6.48. The third kappa shape index (κ3) is 1.89. The molecule has 0 fully saturated rings. The second-order valence-electron chi connectivity index (χ2n) is 3.59. The van der Waals surface area contributed by atoms with E-state index in [-0.39, 0.29) is 0 Å². The largest absolute Gasteiger partial charge is 0.265 e. The number of aromatic nitrogens is 4. The lowest BCUT2D eigenvalue weighted by molar-refractivity contribution is 1.20. The minimum Gasteiger partial charge on any atom is -0.265 e. The van der Waals surface area contributed by atoms with E-state index >= 15 is 0 Å². The number of fused-ring (bicyclic) bond motifs is 1. The minimum atomic E-state index is 0.319. The van der Waals surface area contributed by atoms with Gasteiger partial charge in [-0.1, -0.05) is 23.2 Å². The summed E-state index contributed by atoms with van der Waals surface area (Å²) in [7, 11) is 0. The van der Waals surface area contributed by atoms with Crippen LogP contribution in [0.25, 0.3) is 22.3 Å². The quantitative estimate of drug-likeness (QED) is 0.640. The molecule has 0 atom stereocenters. The van der Waals surface area contributed by atoms with Gasteiger partial charge in [-0.05, 0) is 12.1 Å². The lowest BCUT2D eigenvalue weighted by Crippen LogP contribution is -1.93. The molecule has 0 aliphatic heterocycles. The van der Waals surface area contributed by atoms with Gasteiger partial charge in [-0.15, -0.1) is 0 Å². The van der Waals surface area contributed by atoms with Gasteiger partial charge in [-0.3, -0.25) is 9.97 Å². The summed E-state index contributed by atoms with van der Waals surface area (Å²) in [5.74, 6) is 0.527. The number of hydrogen-bond donors (Lipinski definition) is 0. The first-order chi connectivity index (χ1) is 8.75. The molecule has 0 N–H and O–H groups in total. The Labute approximate surface area is 113 Å². The molecule has 0 aliphatic carbocycles. The Hall–Kier alpha value is -1.78. The molecule has 0 radical (unpaired) electrons. The first kappa shape index (κ1) is 11.3. The van der Waals surface area contributed by atoms with Crippen LogP contribution in [0.2, 0.25) is 10.2 Å². The van der Waals surface area contributed by atoms with E-state index in [4.69, 9.17) is 23.2 Å². The van der Waals surface area contributed by atoms with Gasteiger partial charge in [0.1, 0.15) is 5.15 Å². The number of nitrogens with zero attached hydrogens (tertiary/aromatic N) is 4. The second kappa shape index (κ2) is 4.48. The molecular weight excluding hydrogens is 271 g/mol. The maximum atomic E-state index is 6.14. The number of rotatable bonds is 1. The highest BCUT2D eigenvalue weighted by Crippen LogP contribution is 2.29. The molecule has 6 heteroatoms. The van der Waals surface area contributed by atoms with Gasteiger partial charge in [0.05, 0.1) is 22.1 Å². The van der Waals surface area contributed by atoms with Gasteiger partial charge < -0.3 is 0 Å². The van der Waals surface area contributed by atoms with E-state index in [1.807, 2.05) is 12.1 Å². The van der Waals surface area contributed by atoms with E-state index in [2.05, 4.69) is 19.9 Å². The molecule has 0 spiro atoms. The standard InChI is InChI=1S/C12H6Cl2N4/c13-8-5-16-6-9-10(8)11(14)18-12(17-9)7-1-3-15-4-2-7/h1-6H. The third-order valence-electron chi connectivity index (χ3n) is 2.45. The van der Waals surface area contributed by atoms with E-state index in [9.17, 15) is 0 Å². The Morgan fingerprint density at radius 1 is 0.889 bits per heavy atom. The smallest absolute Gasteiger partial charge is 0.161 e. The van der Waals surface area contributed by atoms with Crippen molar-refractivity contribution in [1.82, 2.24) is 19.9 Å². The molecule has 0 aliphatic rings. The van der Waals surface area contributed by atoms with Crippen molar-refractivity contribution in [3.8, 4) is 11.4 Å². The molecule has 0 saturated carbocycles. The Morgan fingerprint density at radius 3 is 2.44 bits per heavy atom. The maximum absolute atomic E-state index is 6.14. The zero-order valence-electron chi connectivity index (χ0n) is 9.01. The van der Waals surface area contributed by atoms with Crippen LogP contribution in [-0.4, -0.2) is 19.9 Å². The highest BCUT2D eigenvalue weighted by atomic mass is 35.5. The minimum absolute atomic E-state index is 0.319. The maximum Gasteiger partial charge on any atom is 0.161 e. The molecule has 3 rings (SSSR count). The molecular formula is C12H6Cl2N4. The molecule has 18 heavy (non-hydrogen) atoms. The fraction of sp³-hybridized carbons (Fsp3) is 0. The Balaban J connectivity index is 2.29. The van der Waals surface area contributed by atoms with Gasteiger partial charge in [-0.25, -0.2) is 9.97 Å². The molecule has 3 aromatic rings. The lowest BCUT2D eigenvalue weighted by atomic mass is 10.2. The SMILES string of the molecule is Clc1cncc2nc(-c3ccncc3)nc(Cl)c12. The highest BCUT2D eigenvalue weighted by Gasteiger charge is 2.10. The molecule has 3 aromatic heterocycles. The van der Waals surface area contributed by atoms with Gasteiger partial charge in [0.15, 0.2) is 5.82 Å². The van der Waals surface area contributed by atoms with Crippen molar-refractivity contribution in [2.24, 2.45) is 0 Å². The topological polar surface area (TPSA) is 51.6 Å².